The van der Waals surface area contributed by atoms with Gasteiger partial charge in [-0.1, -0.05) is 36.4 Å². The number of fused-ring (bicyclic) bond motifs is 3. The Morgan fingerprint density at radius 3 is 2.52 bits per heavy atom. The third kappa shape index (κ3) is 3.96. The second kappa shape index (κ2) is 7.97. The van der Waals surface area contributed by atoms with E-state index >= 15 is 0 Å². The Morgan fingerprint density at radius 2 is 1.76 bits per heavy atom. The van der Waals surface area contributed by atoms with Crippen LogP contribution >= 0.6 is 0 Å². The number of pyridine rings is 1. The van der Waals surface area contributed by atoms with E-state index in [0.717, 1.165) is 33.8 Å². The van der Waals surface area contributed by atoms with Crippen molar-refractivity contribution in [3.8, 4) is 11.3 Å². The highest BCUT2D eigenvalue weighted by molar-refractivity contribution is 6.14. The second-order valence-electron chi connectivity index (χ2n) is 7.30. The summed E-state index contributed by atoms with van der Waals surface area (Å²) in [5, 5.41) is 5.83. The van der Waals surface area contributed by atoms with Crippen molar-refractivity contribution in [3.63, 3.8) is 0 Å². The van der Waals surface area contributed by atoms with Gasteiger partial charge < -0.3 is 10.2 Å². The van der Waals surface area contributed by atoms with Gasteiger partial charge in [0.15, 0.2) is 0 Å². The van der Waals surface area contributed by atoms with Crippen molar-refractivity contribution in [2.75, 3.05) is 27.2 Å². The lowest BCUT2D eigenvalue weighted by molar-refractivity contribution is 0.0952. The lowest BCUT2D eigenvalue weighted by Crippen LogP contribution is -2.31. The van der Waals surface area contributed by atoms with Gasteiger partial charge >= 0.3 is 0 Å². The molecule has 0 radical (unpaired) electrons. The Bertz CT molecular complexity index is 1190. The van der Waals surface area contributed by atoms with Crippen LogP contribution in [0.2, 0.25) is 0 Å². The standard InChI is InChI=1S/C24H22FN3O/c1-28(2)14-13-26-24(29)21-15-22(17-7-10-18(25)11-8-17)27-23-19-6-4-3-5-16(19)9-12-20(21)23/h3-12,15H,13-14H2,1-2H3,(H,26,29). The number of halogens is 1. The monoisotopic (exact) mass is 387 g/mol. The minimum absolute atomic E-state index is 0.141. The first kappa shape index (κ1) is 19.0. The molecular formula is C24H22FN3O. The SMILES string of the molecule is CN(C)CCNC(=O)c1cc(-c2ccc(F)cc2)nc2c1ccc1ccccc12. The molecule has 0 aliphatic rings. The third-order valence-corrected chi connectivity index (χ3v) is 4.93. The molecule has 3 aromatic carbocycles. The van der Waals surface area contributed by atoms with E-state index in [1.807, 2.05) is 55.4 Å². The molecule has 0 spiro atoms. The molecule has 4 aromatic rings. The van der Waals surface area contributed by atoms with E-state index in [2.05, 4.69) is 5.32 Å². The summed E-state index contributed by atoms with van der Waals surface area (Å²) in [6.45, 7) is 1.30. The Morgan fingerprint density at radius 1 is 1.00 bits per heavy atom. The summed E-state index contributed by atoms with van der Waals surface area (Å²) in [5.41, 5.74) is 2.75. The number of aromatic nitrogens is 1. The summed E-state index contributed by atoms with van der Waals surface area (Å²) >= 11 is 0. The number of rotatable bonds is 5. The van der Waals surface area contributed by atoms with Gasteiger partial charge in [0.1, 0.15) is 5.82 Å². The molecular weight excluding hydrogens is 365 g/mol. The van der Waals surface area contributed by atoms with Crippen molar-refractivity contribution < 1.29 is 9.18 Å². The molecule has 0 bridgehead atoms. The molecule has 1 heterocycles. The smallest absolute Gasteiger partial charge is 0.252 e. The number of carbonyl (C=O) groups is 1. The zero-order chi connectivity index (χ0) is 20.4. The molecule has 29 heavy (non-hydrogen) atoms. The highest BCUT2D eigenvalue weighted by Crippen LogP contribution is 2.30. The minimum atomic E-state index is -0.304. The fourth-order valence-corrected chi connectivity index (χ4v) is 3.40. The van der Waals surface area contributed by atoms with Gasteiger partial charge in [0, 0.05) is 29.4 Å². The van der Waals surface area contributed by atoms with Crippen LogP contribution in [0.1, 0.15) is 10.4 Å². The number of nitrogens with one attached hydrogen (secondary N) is 1. The van der Waals surface area contributed by atoms with Gasteiger partial charge in [0.25, 0.3) is 5.91 Å². The third-order valence-electron chi connectivity index (χ3n) is 4.93. The van der Waals surface area contributed by atoms with Gasteiger partial charge in [-0.25, -0.2) is 9.37 Å². The van der Waals surface area contributed by atoms with Gasteiger partial charge in [-0.05, 0) is 49.8 Å². The van der Waals surface area contributed by atoms with Crippen molar-refractivity contribution in [2.24, 2.45) is 0 Å². The maximum Gasteiger partial charge on any atom is 0.252 e. The molecule has 0 aliphatic carbocycles. The molecule has 1 aromatic heterocycles. The average molecular weight is 387 g/mol. The predicted molar refractivity (Wildman–Crippen MR) is 116 cm³/mol. The fourth-order valence-electron chi connectivity index (χ4n) is 3.40. The first-order valence-electron chi connectivity index (χ1n) is 9.54. The van der Waals surface area contributed by atoms with E-state index in [1.54, 1.807) is 18.2 Å². The lowest BCUT2D eigenvalue weighted by atomic mass is 9.99. The van der Waals surface area contributed by atoms with Crippen LogP contribution in [0.4, 0.5) is 4.39 Å². The fraction of sp³-hybridized carbons (Fsp3) is 0.167. The molecule has 1 amide bonds. The van der Waals surface area contributed by atoms with Gasteiger partial charge in [-0.3, -0.25) is 4.79 Å². The number of amides is 1. The number of hydrogen-bond donors (Lipinski definition) is 1. The van der Waals surface area contributed by atoms with Gasteiger partial charge in [-0.2, -0.15) is 0 Å². The summed E-state index contributed by atoms with van der Waals surface area (Å²) in [7, 11) is 3.93. The molecule has 0 fully saturated rings. The molecule has 1 N–H and O–H groups in total. The zero-order valence-electron chi connectivity index (χ0n) is 16.4. The van der Waals surface area contributed by atoms with Crippen molar-refractivity contribution in [2.45, 2.75) is 0 Å². The maximum absolute atomic E-state index is 13.4. The Kier molecular flexibility index (Phi) is 5.23. The highest BCUT2D eigenvalue weighted by atomic mass is 19.1. The molecule has 5 heteroatoms. The van der Waals surface area contributed by atoms with Crippen molar-refractivity contribution >= 4 is 27.6 Å². The molecule has 0 aliphatic heterocycles. The molecule has 0 unspecified atom stereocenters. The minimum Gasteiger partial charge on any atom is -0.351 e. The predicted octanol–water partition coefficient (Wildman–Crippen LogP) is 4.49. The van der Waals surface area contributed by atoms with E-state index < -0.39 is 0 Å². The van der Waals surface area contributed by atoms with Crippen LogP contribution in [0.5, 0.6) is 0 Å². The Hall–Kier alpha value is -3.31. The molecule has 146 valence electrons. The number of likely N-dealkylation sites (N-methyl/N-ethyl adjacent to an activating group) is 1. The van der Waals surface area contributed by atoms with Crippen molar-refractivity contribution in [1.29, 1.82) is 0 Å². The normalized spacial score (nSPS) is 11.3. The quantitative estimate of drug-likeness (QED) is 0.514. The highest BCUT2D eigenvalue weighted by Gasteiger charge is 2.15. The van der Waals surface area contributed by atoms with Gasteiger partial charge in [0.2, 0.25) is 0 Å². The van der Waals surface area contributed by atoms with Crippen molar-refractivity contribution in [1.82, 2.24) is 15.2 Å². The summed E-state index contributed by atoms with van der Waals surface area (Å²) in [6, 6.07) is 19.9. The number of nitrogens with zero attached hydrogens (tertiary/aromatic N) is 2. The number of hydrogen-bond acceptors (Lipinski definition) is 3. The summed E-state index contributed by atoms with van der Waals surface area (Å²) < 4.78 is 13.4. The largest absolute Gasteiger partial charge is 0.351 e. The molecule has 4 rings (SSSR count). The van der Waals surface area contributed by atoms with Crippen LogP contribution in [0, 0.1) is 5.82 Å². The van der Waals surface area contributed by atoms with E-state index in [-0.39, 0.29) is 11.7 Å². The first-order valence-corrected chi connectivity index (χ1v) is 9.54. The van der Waals surface area contributed by atoms with E-state index in [4.69, 9.17) is 4.98 Å². The van der Waals surface area contributed by atoms with Crippen molar-refractivity contribution in [3.05, 3.63) is 78.1 Å². The van der Waals surface area contributed by atoms with Crippen LogP contribution in [0.25, 0.3) is 32.9 Å². The lowest BCUT2D eigenvalue weighted by Gasteiger charge is -2.14. The molecule has 4 nitrogen and oxygen atoms in total. The molecule has 0 atom stereocenters. The summed E-state index contributed by atoms with van der Waals surface area (Å²) in [4.78, 5) is 19.9. The topological polar surface area (TPSA) is 45.2 Å². The Balaban J connectivity index is 1.89. The van der Waals surface area contributed by atoms with Gasteiger partial charge in [-0.15, -0.1) is 0 Å². The first-order chi connectivity index (χ1) is 14.0. The number of carbonyl (C=O) groups excluding carboxylic acids is 1. The second-order valence-corrected chi connectivity index (χ2v) is 7.30. The van der Waals surface area contributed by atoms with Crippen LogP contribution in [0.15, 0.2) is 66.7 Å². The van der Waals surface area contributed by atoms with E-state index in [1.165, 1.54) is 12.1 Å². The van der Waals surface area contributed by atoms with E-state index in [0.29, 0.717) is 17.8 Å². The van der Waals surface area contributed by atoms with Crippen LogP contribution in [-0.2, 0) is 0 Å². The number of benzene rings is 3. The van der Waals surface area contributed by atoms with Crippen LogP contribution in [0.3, 0.4) is 0 Å². The summed E-state index contributed by atoms with van der Waals surface area (Å²) in [5.74, 6) is -0.445. The van der Waals surface area contributed by atoms with Gasteiger partial charge in [0.05, 0.1) is 16.8 Å². The molecule has 0 saturated heterocycles. The average Bonchev–Trinajstić information content (AvgIpc) is 2.73. The zero-order valence-corrected chi connectivity index (χ0v) is 16.4. The molecule has 0 saturated carbocycles. The van der Waals surface area contributed by atoms with Crippen LogP contribution < -0.4 is 5.32 Å². The summed E-state index contributed by atoms with van der Waals surface area (Å²) in [6.07, 6.45) is 0. The van der Waals surface area contributed by atoms with E-state index in [9.17, 15) is 9.18 Å². The maximum atomic E-state index is 13.4. The van der Waals surface area contributed by atoms with Crippen LogP contribution in [-0.4, -0.2) is 43.0 Å². The Labute approximate surface area is 169 Å².